The molecular formula is C26H30N6O5. The number of anilines is 1. The fraction of sp³-hybridized carbons (Fsp3) is 0.308. The van der Waals surface area contributed by atoms with Gasteiger partial charge in [-0.05, 0) is 55.3 Å². The molecular weight excluding hydrogens is 476 g/mol. The number of imidazole rings is 1. The maximum atomic E-state index is 13.1. The molecule has 1 atom stereocenters. The van der Waals surface area contributed by atoms with Crippen molar-refractivity contribution in [1.82, 2.24) is 18.7 Å². The standard InChI is InChI=1S/C26H30N6O5/c1-16-8-6-7-9-21(16)37-15-19(33)14-32-22-23(30(3)26(35)31(4)24(22)34)27-25(32)29-28-17(2)18-10-12-20(36-5)13-11-18/h6-13,19,33H,14-15H2,1-5H3,(H,27,29)/b28-17+/t19-/m1/s1. The summed E-state index contributed by atoms with van der Waals surface area (Å²) in [5.74, 6) is 1.59. The lowest BCUT2D eigenvalue weighted by atomic mass is 10.1. The molecule has 0 aliphatic carbocycles. The Bertz CT molecular complexity index is 1570. The highest BCUT2D eigenvalue weighted by molar-refractivity contribution is 5.99. The van der Waals surface area contributed by atoms with Crippen LogP contribution in [-0.4, -0.2) is 49.3 Å². The Balaban J connectivity index is 1.68. The quantitative estimate of drug-likeness (QED) is 0.263. The van der Waals surface area contributed by atoms with Gasteiger partial charge in [0.05, 0.1) is 19.4 Å². The zero-order chi connectivity index (χ0) is 26.7. The number of aromatic nitrogens is 4. The number of nitrogens with zero attached hydrogens (tertiary/aromatic N) is 5. The van der Waals surface area contributed by atoms with E-state index in [0.717, 1.165) is 21.4 Å². The van der Waals surface area contributed by atoms with E-state index < -0.39 is 17.4 Å². The van der Waals surface area contributed by atoms with Gasteiger partial charge in [0, 0.05) is 14.1 Å². The molecule has 0 fully saturated rings. The van der Waals surface area contributed by atoms with Gasteiger partial charge in [-0.3, -0.25) is 13.9 Å². The van der Waals surface area contributed by atoms with Crippen LogP contribution in [0, 0.1) is 6.92 Å². The Labute approximate surface area is 213 Å². The van der Waals surface area contributed by atoms with E-state index in [4.69, 9.17) is 9.47 Å². The second kappa shape index (κ2) is 10.7. The number of fused-ring (bicyclic) bond motifs is 1. The van der Waals surface area contributed by atoms with Crippen molar-refractivity contribution in [3.8, 4) is 11.5 Å². The Kier molecular flexibility index (Phi) is 7.44. The minimum Gasteiger partial charge on any atom is -0.497 e. The van der Waals surface area contributed by atoms with Crippen molar-refractivity contribution in [3.63, 3.8) is 0 Å². The fourth-order valence-corrected chi connectivity index (χ4v) is 3.91. The molecule has 0 aliphatic rings. The van der Waals surface area contributed by atoms with Crippen molar-refractivity contribution in [2.24, 2.45) is 19.2 Å². The van der Waals surface area contributed by atoms with Gasteiger partial charge in [-0.2, -0.15) is 10.1 Å². The van der Waals surface area contributed by atoms with E-state index >= 15 is 0 Å². The van der Waals surface area contributed by atoms with E-state index in [2.05, 4.69) is 15.5 Å². The number of aliphatic hydroxyl groups excluding tert-OH is 1. The molecule has 0 radical (unpaired) electrons. The molecule has 2 aromatic heterocycles. The first kappa shape index (κ1) is 25.7. The number of methoxy groups -OCH3 is 1. The van der Waals surface area contributed by atoms with Gasteiger partial charge < -0.3 is 19.1 Å². The zero-order valence-electron chi connectivity index (χ0n) is 21.4. The molecule has 194 valence electrons. The van der Waals surface area contributed by atoms with Crippen LogP contribution in [0.3, 0.4) is 0 Å². The Hall–Kier alpha value is -4.38. The number of nitrogens with one attached hydrogen (secondary N) is 1. The summed E-state index contributed by atoms with van der Waals surface area (Å²) in [6, 6.07) is 14.9. The predicted molar refractivity (Wildman–Crippen MR) is 142 cm³/mol. The molecule has 4 rings (SSSR count). The fourth-order valence-electron chi connectivity index (χ4n) is 3.91. The first-order chi connectivity index (χ1) is 17.7. The van der Waals surface area contributed by atoms with Crippen LogP contribution in [-0.2, 0) is 20.6 Å². The zero-order valence-corrected chi connectivity index (χ0v) is 21.4. The van der Waals surface area contributed by atoms with Gasteiger partial charge in [-0.25, -0.2) is 10.2 Å². The largest absolute Gasteiger partial charge is 0.497 e. The number of benzene rings is 2. The van der Waals surface area contributed by atoms with Gasteiger partial charge in [0.25, 0.3) is 5.56 Å². The van der Waals surface area contributed by atoms with Crippen molar-refractivity contribution < 1.29 is 14.6 Å². The number of aliphatic hydroxyl groups is 1. The van der Waals surface area contributed by atoms with Gasteiger partial charge >= 0.3 is 5.69 Å². The molecule has 0 unspecified atom stereocenters. The van der Waals surface area contributed by atoms with E-state index in [1.54, 1.807) is 7.11 Å². The summed E-state index contributed by atoms with van der Waals surface area (Å²) < 4.78 is 14.8. The second-order valence-corrected chi connectivity index (χ2v) is 8.69. The van der Waals surface area contributed by atoms with Crippen LogP contribution in [0.1, 0.15) is 18.1 Å². The molecule has 37 heavy (non-hydrogen) atoms. The highest BCUT2D eigenvalue weighted by Gasteiger charge is 2.21. The lowest BCUT2D eigenvalue weighted by molar-refractivity contribution is 0.0935. The number of ether oxygens (including phenoxy) is 2. The summed E-state index contributed by atoms with van der Waals surface area (Å²) >= 11 is 0. The molecule has 0 aliphatic heterocycles. The van der Waals surface area contributed by atoms with E-state index in [0.29, 0.717) is 11.5 Å². The van der Waals surface area contributed by atoms with Crippen molar-refractivity contribution in [1.29, 1.82) is 0 Å². The Morgan fingerprint density at radius 3 is 2.49 bits per heavy atom. The van der Waals surface area contributed by atoms with Crippen molar-refractivity contribution in [2.75, 3.05) is 19.1 Å². The van der Waals surface area contributed by atoms with Crippen LogP contribution in [0.15, 0.2) is 63.2 Å². The van der Waals surface area contributed by atoms with E-state index in [1.165, 1.54) is 23.2 Å². The third-order valence-corrected chi connectivity index (χ3v) is 6.10. The first-order valence-corrected chi connectivity index (χ1v) is 11.7. The highest BCUT2D eigenvalue weighted by Crippen LogP contribution is 2.19. The van der Waals surface area contributed by atoms with E-state index in [-0.39, 0.29) is 30.3 Å². The van der Waals surface area contributed by atoms with Crippen molar-refractivity contribution in [2.45, 2.75) is 26.5 Å². The SMILES string of the molecule is COc1ccc(/C(C)=N/Nc2nc3c(c(=O)n(C)c(=O)n3C)n2C[C@@H](O)COc2ccccc2C)cc1. The predicted octanol–water partition coefficient (Wildman–Crippen LogP) is 2.03. The van der Waals surface area contributed by atoms with E-state index in [1.807, 2.05) is 62.4 Å². The Morgan fingerprint density at radius 1 is 1.11 bits per heavy atom. The maximum absolute atomic E-state index is 13.1. The number of aryl methyl sites for hydroxylation is 2. The third kappa shape index (κ3) is 5.26. The molecule has 2 aromatic carbocycles. The molecule has 2 N–H and O–H groups in total. The normalized spacial score (nSPS) is 12.5. The van der Waals surface area contributed by atoms with Gasteiger partial charge in [0.1, 0.15) is 24.2 Å². The van der Waals surface area contributed by atoms with Crippen LogP contribution in [0.2, 0.25) is 0 Å². The van der Waals surface area contributed by atoms with Gasteiger partial charge in [0.2, 0.25) is 5.95 Å². The van der Waals surface area contributed by atoms with Gasteiger partial charge in [-0.15, -0.1) is 0 Å². The number of hydrogen-bond acceptors (Lipinski definition) is 8. The molecule has 11 heteroatoms. The van der Waals surface area contributed by atoms with Crippen LogP contribution in [0.25, 0.3) is 11.2 Å². The average molecular weight is 507 g/mol. The molecule has 0 bridgehead atoms. The topological polar surface area (TPSA) is 125 Å². The van der Waals surface area contributed by atoms with E-state index in [9.17, 15) is 14.7 Å². The smallest absolute Gasteiger partial charge is 0.332 e. The lowest BCUT2D eigenvalue weighted by Gasteiger charge is -2.16. The van der Waals surface area contributed by atoms with Crippen LogP contribution in [0.5, 0.6) is 11.5 Å². The first-order valence-electron chi connectivity index (χ1n) is 11.7. The van der Waals surface area contributed by atoms with Gasteiger partial charge in [-0.1, -0.05) is 18.2 Å². The molecule has 0 saturated heterocycles. The maximum Gasteiger partial charge on any atom is 0.332 e. The van der Waals surface area contributed by atoms with Crippen molar-refractivity contribution in [3.05, 3.63) is 80.5 Å². The van der Waals surface area contributed by atoms with Crippen LogP contribution in [0.4, 0.5) is 5.95 Å². The molecule has 0 spiro atoms. The minimum atomic E-state index is -0.980. The number of rotatable bonds is 9. The van der Waals surface area contributed by atoms with Crippen LogP contribution >= 0.6 is 0 Å². The summed E-state index contributed by atoms with van der Waals surface area (Å²) in [5.41, 5.74) is 4.67. The molecule has 0 amide bonds. The lowest BCUT2D eigenvalue weighted by Crippen LogP contribution is -2.38. The summed E-state index contributed by atoms with van der Waals surface area (Å²) in [7, 11) is 4.53. The average Bonchev–Trinajstić information content (AvgIpc) is 3.26. The molecule has 0 saturated carbocycles. The molecule has 2 heterocycles. The van der Waals surface area contributed by atoms with Gasteiger partial charge in [0.15, 0.2) is 11.2 Å². The Morgan fingerprint density at radius 2 is 1.81 bits per heavy atom. The summed E-state index contributed by atoms with van der Waals surface area (Å²) in [5, 5.41) is 15.2. The molecule has 11 nitrogen and oxygen atoms in total. The number of hydrogen-bond donors (Lipinski definition) is 2. The number of hydrazone groups is 1. The van der Waals surface area contributed by atoms with Crippen molar-refractivity contribution >= 4 is 22.8 Å². The summed E-state index contributed by atoms with van der Waals surface area (Å²) in [6.45, 7) is 3.71. The number of para-hydroxylation sites is 1. The monoisotopic (exact) mass is 506 g/mol. The molecule has 4 aromatic rings. The summed E-state index contributed by atoms with van der Waals surface area (Å²) in [6.07, 6.45) is -0.980. The second-order valence-electron chi connectivity index (χ2n) is 8.69. The van der Waals surface area contributed by atoms with Crippen LogP contribution < -0.4 is 26.1 Å². The highest BCUT2D eigenvalue weighted by atomic mass is 16.5. The minimum absolute atomic E-state index is 0.00973. The third-order valence-electron chi connectivity index (χ3n) is 6.10. The summed E-state index contributed by atoms with van der Waals surface area (Å²) in [4.78, 5) is 30.0.